The molecule has 0 spiro atoms. The minimum Gasteiger partial charge on any atom is -0.507 e. The summed E-state index contributed by atoms with van der Waals surface area (Å²) in [7, 11) is 0. The number of fused-ring (bicyclic) bond motifs is 8. The van der Waals surface area contributed by atoms with Gasteiger partial charge in [-0.3, -0.25) is 0 Å². The van der Waals surface area contributed by atoms with Crippen molar-refractivity contribution in [3.63, 3.8) is 0 Å². The van der Waals surface area contributed by atoms with Gasteiger partial charge < -0.3 is 136 Å². The molecule has 0 unspecified atom stereocenters. The van der Waals surface area contributed by atoms with Gasteiger partial charge in [-0.2, -0.15) is 0 Å². The first-order valence-corrected chi connectivity index (χ1v) is 25.1. The largest absolute Gasteiger partial charge is 0.507 e. The van der Waals surface area contributed by atoms with E-state index in [0.29, 0.717) is 12.1 Å². The van der Waals surface area contributed by atoms with E-state index in [-0.39, 0.29) is 17.7 Å². The smallest absolute Gasteiger partial charge is 0.340 e. The van der Waals surface area contributed by atoms with Crippen LogP contribution in [0.2, 0.25) is 0 Å². The molecule has 0 aromatic heterocycles. The normalized spacial score (nSPS) is 20.8. The molecule has 454 valence electrons. The highest BCUT2D eigenvalue weighted by atomic mass is 16.6. The molecule has 6 heterocycles. The fraction of sp³-hybridized carbons (Fsp3) is 0.161. The van der Waals surface area contributed by atoms with Crippen LogP contribution in [-0.2, 0) is 30.1 Å². The summed E-state index contributed by atoms with van der Waals surface area (Å²) >= 11 is 0. The molecule has 7 atom stereocenters. The number of aromatic hydroxyl groups is 20. The summed E-state index contributed by atoms with van der Waals surface area (Å²) in [5, 5.41) is 238. The van der Waals surface area contributed by atoms with Crippen LogP contribution >= 0.6 is 0 Å². The van der Waals surface area contributed by atoms with Crippen molar-refractivity contribution < 1.29 is 160 Å². The summed E-state index contributed by atoms with van der Waals surface area (Å²) < 4.78 is 35.2. The van der Waals surface area contributed by atoms with E-state index >= 15 is 19.2 Å². The molecular weight excluding hydrogens is 1180 g/mol. The van der Waals surface area contributed by atoms with E-state index in [4.69, 9.17) is 28.4 Å². The minimum absolute atomic E-state index is 0.213. The highest BCUT2D eigenvalue weighted by Gasteiger charge is 2.57. The van der Waals surface area contributed by atoms with Gasteiger partial charge in [0.15, 0.2) is 105 Å². The zero-order chi connectivity index (χ0) is 63.6. The van der Waals surface area contributed by atoms with Crippen molar-refractivity contribution in [1.82, 2.24) is 0 Å². The third-order valence-corrected chi connectivity index (χ3v) is 15.6. The van der Waals surface area contributed by atoms with Crippen LogP contribution in [0.3, 0.4) is 0 Å². The SMILES string of the molecule is O=C1OC[C@H]2OC(=O)c3cc(O)c(O)c(O)c3-c3c(O)c(O)c(O)c4c3C(=O)O[C@H]([C@@H]3OC(=O)c5c-4c(O)c(O)c(O)c5[C@@H]3c3c(O)cc4c(c3O)C[C@H](O)[C@@H](c3cc(O)c(O)c(O)c3)O4)[C@H]2OC(=O)c2cc(O)c(O)c(O)c2-c2c1cc(O)c(O)c2O. The third kappa shape index (κ3) is 7.70. The van der Waals surface area contributed by atoms with Crippen LogP contribution in [0.4, 0.5) is 0 Å². The van der Waals surface area contributed by atoms with Crippen molar-refractivity contribution in [3.8, 4) is 154 Å². The summed E-state index contributed by atoms with van der Waals surface area (Å²) in [4.78, 5) is 75.8. The number of ether oxygens (including phenoxy) is 6. The first-order chi connectivity index (χ1) is 41.5. The number of hydrogen-bond donors (Lipinski definition) is 21. The van der Waals surface area contributed by atoms with Crippen LogP contribution in [0.15, 0.2) is 36.4 Å². The Morgan fingerprint density at radius 2 is 0.750 bits per heavy atom. The molecule has 6 bridgehead atoms. The van der Waals surface area contributed by atoms with Crippen molar-refractivity contribution in [2.75, 3.05) is 6.61 Å². The number of aliphatic hydroxyl groups excluding tert-OH is 1. The van der Waals surface area contributed by atoms with E-state index in [2.05, 4.69) is 0 Å². The summed E-state index contributed by atoms with van der Waals surface area (Å²) in [5.41, 5.74) is -17.9. The summed E-state index contributed by atoms with van der Waals surface area (Å²) in [6.45, 7) is -1.65. The van der Waals surface area contributed by atoms with E-state index in [9.17, 15) is 112 Å². The standard InChI is InChI=1S/C56H38O32/c57-14-7-21-10(3-20(63)48(84-21)9-1-15(58)35(65)16(59)2-9)34(64)26(14)31-30-33-29(44(74)47(77)45(30)75)28-32-27(42(72)46(76)43(28)73)25-13(6-19(62)38(68)41(25)71)53(79)85-22-8-83-52(78)11-4-17(60)36(66)39(69)23(11)24-12(5-18(61)37(67)40(24)70)54(80)86-49(22)51(88-56(32)82)50(31)87-55(33)81/h1-2,4-7,20,22,31,48-51,57-77H,3,8H2/t20-,22+,31-,48+,49-,50+,51-/m0/s1. The number of cyclic esters (lactones) is 1. The number of rotatable bonds is 2. The van der Waals surface area contributed by atoms with Gasteiger partial charge >= 0.3 is 29.8 Å². The number of phenolic OH excluding ortho intramolecular Hbond substituents is 20. The van der Waals surface area contributed by atoms with Crippen molar-refractivity contribution in [2.45, 2.75) is 49.0 Å². The zero-order valence-corrected chi connectivity index (χ0v) is 43.3. The Morgan fingerprint density at radius 3 is 1.30 bits per heavy atom. The Balaban J connectivity index is 1.21. The van der Waals surface area contributed by atoms with Gasteiger partial charge in [0.2, 0.25) is 28.7 Å². The minimum atomic E-state index is -3.04. The fourth-order valence-corrected chi connectivity index (χ4v) is 11.6. The van der Waals surface area contributed by atoms with Crippen molar-refractivity contribution in [2.24, 2.45) is 0 Å². The van der Waals surface area contributed by atoms with Crippen LogP contribution in [0.25, 0.3) is 33.4 Å². The average molecular weight is 1220 g/mol. The van der Waals surface area contributed by atoms with E-state index in [1.807, 2.05) is 0 Å². The predicted octanol–water partition coefficient (Wildman–Crippen LogP) is 2.98. The highest BCUT2D eigenvalue weighted by Crippen LogP contribution is 2.64. The molecule has 7 aromatic carbocycles. The average Bonchev–Trinajstić information content (AvgIpc) is 0.866. The van der Waals surface area contributed by atoms with E-state index in [1.165, 1.54) is 0 Å². The van der Waals surface area contributed by atoms with E-state index in [0.717, 1.165) is 12.1 Å². The van der Waals surface area contributed by atoms with Gasteiger partial charge in [0.1, 0.15) is 23.9 Å². The van der Waals surface area contributed by atoms with E-state index < -0.39 is 284 Å². The molecule has 0 saturated carbocycles. The first-order valence-electron chi connectivity index (χ1n) is 25.1. The van der Waals surface area contributed by atoms with Crippen LogP contribution < -0.4 is 4.74 Å². The van der Waals surface area contributed by atoms with Crippen LogP contribution in [0, 0.1) is 0 Å². The monoisotopic (exact) mass is 1220 g/mol. The maximum Gasteiger partial charge on any atom is 0.340 e. The number of benzene rings is 7. The van der Waals surface area contributed by atoms with Gasteiger partial charge in [0, 0.05) is 68.1 Å². The molecular formula is C56H38O32. The third-order valence-electron chi connectivity index (χ3n) is 15.6. The lowest BCUT2D eigenvalue weighted by Crippen LogP contribution is -2.56. The quantitative estimate of drug-likeness (QED) is 0.0672. The Kier molecular flexibility index (Phi) is 12.2. The van der Waals surface area contributed by atoms with Gasteiger partial charge in [-0.25, -0.2) is 24.0 Å². The van der Waals surface area contributed by atoms with Gasteiger partial charge in [0.25, 0.3) is 0 Å². The molecule has 13 rings (SSSR count). The molecule has 0 amide bonds. The summed E-state index contributed by atoms with van der Waals surface area (Å²) in [6, 6.07) is 3.38. The molecule has 88 heavy (non-hydrogen) atoms. The number of phenols is 20. The van der Waals surface area contributed by atoms with Gasteiger partial charge in [-0.05, 0) is 30.3 Å². The lowest BCUT2D eigenvalue weighted by atomic mass is 9.73. The van der Waals surface area contributed by atoms with Crippen molar-refractivity contribution >= 4 is 29.8 Å². The Morgan fingerprint density at radius 1 is 0.330 bits per heavy atom. The topological polar surface area (TPSA) is 566 Å². The van der Waals surface area contributed by atoms with Crippen molar-refractivity contribution in [3.05, 3.63) is 86.5 Å². The molecule has 0 fully saturated rings. The molecule has 21 N–H and O–H groups in total. The molecule has 6 aliphatic heterocycles. The fourth-order valence-electron chi connectivity index (χ4n) is 11.6. The molecule has 32 nitrogen and oxygen atoms in total. The summed E-state index contributed by atoms with van der Waals surface area (Å²) in [5.74, 6) is -42.4. The number of hydrogen-bond acceptors (Lipinski definition) is 32. The predicted molar refractivity (Wildman–Crippen MR) is 277 cm³/mol. The second-order valence-electron chi connectivity index (χ2n) is 20.4. The number of carbonyl (C=O) groups is 5. The highest BCUT2D eigenvalue weighted by molar-refractivity contribution is 6.17. The Bertz CT molecular complexity index is 4390. The van der Waals surface area contributed by atoms with Crippen LogP contribution in [-0.4, -0.2) is 174 Å². The maximum atomic E-state index is 15.8. The molecule has 32 heteroatoms. The molecule has 6 aliphatic rings. The van der Waals surface area contributed by atoms with Gasteiger partial charge in [0.05, 0.1) is 39.8 Å². The molecule has 0 aliphatic carbocycles. The maximum absolute atomic E-state index is 15.8. The lowest BCUT2D eigenvalue weighted by Gasteiger charge is -2.43. The number of esters is 5. The second-order valence-corrected chi connectivity index (χ2v) is 20.4. The first kappa shape index (κ1) is 56.1. The van der Waals surface area contributed by atoms with Gasteiger partial charge in [-0.15, -0.1) is 0 Å². The van der Waals surface area contributed by atoms with Crippen LogP contribution in [0.5, 0.6) is 121 Å². The second kappa shape index (κ2) is 19.1. The zero-order valence-electron chi connectivity index (χ0n) is 43.3. The lowest BCUT2D eigenvalue weighted by molar-refractivity contribution is -0.135. The van der Waals surface area contributed by atoms with E-state index in [1.54, 1.807) is 0 Å². The number of carbonyl (C=O) groups excluding carboxylic acids is 5. The van der Waals surface area contributed by atoms with Crippen LogP contribution in [0.1, 0.15) is 86.1 Å². The summed E-state index contributed by atoms with van der Waals surface area (Å²) in [6.07, 6.45) is -15.9. The number of aliphatic hydroxyl groups is 1. The Hall–Kier alpha value is -12.4. The molecule has 0 saturated heterocycles. The van der Waals surface area contributed by atoms with Gasteiger partial charge in [-0.1, -0.05) is 0 Å². The van der Waals surface area contributed by atoms with Crippen molar-refractivity contribution in [1.29, 1.82) is 0 Å². The Labute approximate surface area is 484 Å². The molecule has 7 aromatic rings. The molecule has 0 radical (unpaired) electrons.